The van der Waals surface area contributed by atoms with E-state index in [0.717, 1.165) is 11.8 Å². The van der Waals surface area contributed by atoms with E-state index in [0.29, 0.717) is 19.4 Å². The maximum Gasteiger partial charge on any atom is 0.432 e. The number of alkyl halides is 3. The third-order valence-electron chi connectivity index (χ3n) is 4.64. The number of H-pyrrole nitrogens is 1. The molecule has 1 unspecified atom stereocenters. The number of hydrogen-bond donors (Lipinski definition) is 3. The number of urea groups is 1. The number of aromatic amines is 1. The summed E-state index contributed by atoms with van der Waals surface area (Å²) in [6.45, 7) is 1.00. The Hall–Kier alpha value is -3.04. The first-order valence-electron chi connectivity index (χ1n) is 8.71. The van der Waals surface area contributed by atoms with Gasteiger partial charge in [0.15, 0.2) is 0 Å². The van der Waals surface area contributed by atoms with Gasteiger partial charge in [0.2, 0.25) is 0 Å². The zero-order valence-electron chi connectivity index (χ0n) is 14.8. The summed E-state index contributed by atoms with van der Waals surface area (Å²) in [5.41, 5.74) is 0.00673. The van der Waals surface area contributed by atoms with Crippen molar-refractivity contribution in [3.05, 3.63) is 53.1 Å². The van der Waals surface area contributed by atoms with Crippen LogP contribution in [0.15, 0.2) is 30.5 Å². The van der Waals surface area contributed by atoms with Crippen molar-refractivity contribution in [3.63, 3.8) is 0 Å². The van der Waals surface area contributed by atoms with Gasteiger partial charge in [0, 0.05) is 25.6 Å². The average Bonchev–Trinajstić information content (AvgIpc) is 3.17. The van der Waals surface area contributed by atoms with Crippen LogP contribution in [-0.2, 0) is 12.7 Å². The molecule has 1 aromatic carbocycles. The second kappa shape index (κ2) is 7.91. The van der Waals surface area contributed by atoms with Crippen molar-refractivity contribution in [3.8, 4) is 0 Å². The van der Waals surface area contributed by atoms with Crippen LogP contribution >= 0.6 is 0 Å². The maximum atomic E-state index is 12.7. The predicted octanol–water partition coefficient (Wildman–Crippen LogP) is 3.22. The number of amides is 2. The largest absolute Gasteiger partial charge is 0.478 e. The number of halogens is 3. The molecule has 2 amide bonds. The molecule has 10 heteroatoms. The van der Waals surface area contributed by atoms with Gasteiger partial charge in [0.05, 0.1) is 11.8 Å². The maximum absolute atomic E-state index is 12.7. The first-order chi connectivity index (χ1) is 13.2. The van der Waals surface area contributed by atoms with E-state index in [-0.39, 0.29) is 36.4 Å². The summed E-state index contributed by atoms with van der Waals surface area (Å²) in [5, 5.41) is 11.6. The lowest BCUT2D eigenvalue weighted by molar-refractivity contribution is -0.141. The number of carbonyl (C=O) groups excluding carboxylic acids is 1. The predicted molar refractivity (Wildman–Crippen MR) is 92.8 cm³/mol. The van der Waals surface area contributed by atoms with Crippen molar-refractivity contribution in [1.29, 1.82) is 0 Å². The van der Waals surface area contributed by atoms with E-state index in [4.69, 9.17) is 5.11 Å². The van der Waals surface area contributed by atoms with Crippen LogP contribution in [0, 0.1) is 0 Å². The highest BCUT2D eigenvalue weighted by atomic mass is 19.4. The van der Waals surface area contributed by atoms with E-state index < -0.39 is 17.8 Å². The van der Waals surface area contributed by atoms with Gasteiger partial charge in [0.1, 0.15) is 11.5 Å². The number of piperidine rings is 1. The minimum atomic E-state index is -4.48. The molecule has 0 aliphatic carbocycles. The number of carbonyl (C=O) groups is 2. The Morgan fingerprint density at radius 1 is 1.29 bits per heavy atom. The fourth-order valence-electron chi connectivity index (χ4n) is 3.13. The van der Waals surface area contributed by atoms with Gasteiger partial charge < -0.3 is 20.3 Å². The Kier molecular flexibility index (Phi) is 5.57. The average molecular weight is 396 g/mol. The van der Waals surface area contributed by atoms with E-state index in [1.807, 2.05) is 0 Å². The second-order valence-corrected chi connectivity index (χ2v) is 6.63. The molecule has 2 aromatic rings. The van der Waals surface area contributed by atoms with E-state index >= 15 is 0 Å². The number of benzene rings is 1. The standard InChI is InChI=1S/C18H19F3N4O3/c19-18(20,21)14-9-22-15(24-14)13-2-1-7-25(10-13)17(28)23-8-11-3-5-12(6-4-11)16(26)27/h3-6,9,13H,1-2,7-8,10H2,(H,22,24)(H,23,28)(H,26,27). The van der Waals surface area contributed by atoms with Crippen LogP contribution in [0.2, 0.25) is 0 Å². The monoisotopic (exact) mass is 396 g/mol. The molecule has 1 saturated heterocycles. The molecule has 2 heterocycles. The minimum Gasteiger partial charge on any atom is -0.478 e. The lowest BCUT2D eigenvalue weighted by Gasteiger charge is -2.32. The van der Waals surface area contributed by atoms with Gasteiger partial charge in [-0.1, -0.05) is 12.1 Å². The Balaban J connectivity index is 1.57. The molecular formula is C18H19F3N4O3. The van der Waals surface area contributed by atoms with Gasteiger partial charge in [-0.05, 0) is 30.5 Å². The van der Waals surface area contributed by atoms with Crippen LogP contribution < -0.4 is 5.32 Å². The number of carboxylic acid groups (broad SMARTS) is 1. The molecule has 0 bridgehead atoms. The molecule has 1 fully saturated rings. The van der Waals surface area contributed by atoms with Crippen molar-refractivity contribution in [2.24, 2.45) is 0 Å². The number of likely N-dealkylation sites (tertiary alicyclic amines) is 1. The molecule has 28 heavy (non-hydrogen) atoms. The number of hydrogen-bond acceptors (Lipinski definition) is 3. The molecule has 1 aromatic heterocycles. The molecule has 3 N–H and O–H groups in total. The SMILES string of the molecule is O=C(O)c1ccc(CNC(=O)N2CCCC(c3ncc(C(F)(F)F)[nH]3)C2)cc1. The number of nitrogens with zero attached hydrogens (tertiary/aromatic N) is 2. The Morgan fingerprint density at radius 3 is 2.61 bits per heavy atom. The molecule has 0 saturated carbocycles. The van der Waals surface area contributed by atoms with Crippen LogP contribution in [-0.4, -0.2) is 45.1 Å². The Bertz CT molecular complexity index is 849. The van der Waals surface area contributed by atoms with E-state index in [1.165, 1.54) is 12.1 Å². The van der Waals surface area contributed by atoms with Gasteiger partial charge >= 0.3 is 18.2 Å². The van der Waals surface area contributed by atoms with Crippen molar-refractivity contribution in [2.45, 2.75) is 31.5 Å². The highest BCUT2D eigenvalue weighted by Gasteiger charge is 2.34. The molecule has 150 valence electrons. The number of imidazole rings is 1. The van der Waals surface area contributed by atoms with E-state index in [9.17, 15) is 22.8 Å². The van der Waals surface area contributed by atoms with Crippen LogP contribution in [0.1, 0.15) is 46.2 Å². The van der Waals surface area contributed by atoms with E-state index in [1.54, 1.807) is 17.0 Å². The molecule has 0 spiro atoms. The summed E-state index contributed by atoms with van der Waals surface area (Å²) in [4.78, 5) is 30.9. The highest BCUT2D eigenvalue weighted by molar-refractivity contribution is 5.87. The summed E-state index contributed by atoms with van der Waals surface area (Å²) in [7, 11) is 0. The summed E-state index contributed by atoms with van der Waals surface area (Å²) in [5.74, 6) is -1.08. The van der Waals surface area contributed by atoms with E-state index in [2.05, 4.69) is 15.3 Å². The van der Waals surface area contributed by atoms with Gasteiger partial charge in [-0.2, -0.15) is 13.2 Å². The molecule has 0 radical (unpaired) electrons. The van der Waals surface area contributed by atoms with Gasteiger partial charge in [-0.25, -0.2) is 14.6 Å². The molecular weight excluding hydrogens is 377 g/mol. The second-order valence-electron chi connectivity index (χ2n) is 6.63. The zero-order chi connectivity index (χ0) is 20.3. The van der Waals surface area contributed by atoms with Gasteiger partial charge in [0.25, 0.3) is 0 Å². The van der Waals surface area contributed by atoms with Crippen LogP contribution in [0.25, 0.3) is 0 Å². The fourth-order valence-corrected chi connectivity index (χ4v) is 3.13. The molecule has 7 nitrogen and oxygen atoms in total. The number of nitrogens with one attached hydrogen (secondary N) is 2. The summed E-state index contributed by atoms with van der Waals surface area (Å²) < 4.78 is 38.2. The lowest BCUT2D eigenvalue weighted by Crippen LogP contribution is -2.44. The summed E-state index contributed by atoms with van der Waals surface area (Å²) in [6.07, 6.45) is -2.40. The number of rotatable bonds is 4. The van der Waals surface area contributed by atoms with Crippen LogP contribution in [0.4, 0.5) is 18.0 Å². The van der Waals surface area contributed by atoms with Crippen molar-refractivity contribution < 1.29 is 27.9 Å². The summed E-state index contributed by atoms with van der Waals surface area (Å²) in [6, 6.07) is 5.81. The molecule has 1 atom stereocenters. The number of aromatic nitrogens is 2. The number of carboxylic acids is 1. The van der Waals surface area contributed by atoms with Crippen molar-refractivity contribution in [2.75, 3.05) is 13.1 Å². The molecule has 1 aliphatic heterocycles. The smallest absolute Gasteiger partial charge is 0.432 e. The zero-order valence-corrected chi connectivity index (χ0v) is 14.8. The fraction of sp³-hybridized carbons (Fsp3) is 0.389. The van der Waals surface area contributed by atoms with Gasteiger partial charge in [-0.3, -0.25) is 0 Å². The first kappa shape index (κ1) is 19.7. The number of aromatic carboxylic acids is 1. The van der Waals surface area contributed by atoms with Gasteiger partial charge in [-0.15, -0.1) is 0 Å². The third-order valence-corrected chi connectivity index (χ3v) is 4.64. The van der Waals surface area contributed by atoms with Crippen molar-refractivity contribution >= 4 is 12.0 Å². The van der Waals surface area contributed by atoms with Crippen LogP contribution in [0.3, 0.4) is 0 Å². The highest BCUT2D eigenvalue weighted by Crippen LogP contribution is 2.31. The first-order valence-corrected chi connectivity index (χ1v) is 8.71. The topological polar surface area (TPSA) is 98.3 Å². The lowest BCUT2D eigenvalue weighted by atomic mass is 9.97. The quantitative estimate of drug-likeness (QED) is 0.739. The summed E-state index contributed by atoms with van der Waals surface area (Å²) >= 11 is 0. The Morgan fingerprint density at radius 2 is 2.00 bits per heavy atom. The normalized spacial score (nSPS) is 17.4. The molecule has 3 rings (SSSR count). The molecule has 1 aliphatic rings. The van der Waals surface area contributed by atoms with Crippen molar-refractivity contribution in [1.82, 2.24) is 20.2 Å². The third kappa shape index (κ3) is 4.62. The van der Waals surface area contributed by atoms with Crippen LogP contribution in [0.5, 0.6) is 0 Å². The minimum absolute atomic E-state index is 0.158. The Labute approximate surface area is 158 Å².